The van der Waals surface area contributed by atoms with Gasteiger partial charge in [-0.3, -0.25) is 14.5 Å². The summed E-state index contributed by atoms with van der Waals surface area (Å²) in [4.78, 5) is 44.9. The van der Waals surface area contributed by atoms with Crippen LogP contribution in [-0.4, -0.2) is 73.9 Å². The molecule has 38 heavy (non-hydrogen) atoms. The highest BCUT2D eigenvalue weighted by Crippen LogP contribution is 2.35. The summed E-state index contributed by atoms with van der Waals surface area (Å²) in [6, 6.07) is 0.987. The lowest BCUT2D eigenvalue weighted by molar-refractivity contribution is -0.122. The van der Waals surface area contributed by atoms with Gasteiger partial charge in [0.05, 0.1) is 12.7 Å². The van der Waals surface area contributed by atoms with E-state index in [2.05, 4.69) is 25.9 Å². The molecule has 1 aliphatic carbocycles. The van der Waals surface area contributed by atoms with Gasteiger partial charge in [-0.15, -0.1) is 0 Å². The predicted octanol–water partition coefficient (Wildman–Crippen LogP) is 0.930. The molecule has 2 unspecified atom stereocenters. The Morgan fingerprint density at radius 3 is 2.92 bits per heavy atom. The highest BCUT2D eigenvalue weighted by atomic mass is 19.1. The third kappa shape index (κ3) is 5.30. The molecule has 0 radical (unpaired) electrons. The number of rotatable bonds is 9. The van der Waals surface area contributed by atoms with E-state index in [4.69, 9.17) is 14.2 Å². The first-order valence-corrected chi connectivity index (χ1v) is 12.1. The number of likely N-dealkylation sites (N-methyl/N-ethyl adjacent to an activating group) is 1. The maximum absolute atomic E-state index is 14.9. The monoisotopic (exact) mass is 532 g/mol. The van der Waals surface area contributed by atoms with Crippen LogP contribution in [0.3, 0.4) is 0 Å². The molecule has 3 heterocycles. The largest absolute Gasteiger partial charge is 0.481 e. The van der Waals surface area contributed by atoms with Gasteiger partial charge in [0, 0.05) is 13.1 Å². The summed E-state index contributed by atoms with van der Waals surface area (Å²) in [6.07, 6.45) is 1.65. The molecule has 2 atom stereocenters. The second kappa shape index (κ2) is 10.7. The maximum Gasteiger partial charge on any atom is 0.415 e. The number of anilines is 2. The lowest BCUT2D eigenvalue weighted by Crippen LogP contribution is -2.30. The van der Waals surface area contributed by atoms with Gasteiger partial charge in [-0.2, -0.15) is 0 Å². The molecule has 2 aliphatic heterocycles. The van der Waals surface area contributed by atoms with Crippen molar-refractivity contribution in [1.29, 1.82) is 0 Å². The number of aromatic nitrogens is 2. The number of hydrogen-bond donors (Lipinski definition) is 3. The normalized spacial score (nSPS) is 19.8. The Labute approximate surface area is 216 Å². The van der Waals surface area contributed by atoms with E-state index >= 15 is 0 Å². The minimum atomic E-state index is -0.637. The lowest BCUT2D eigenvalue weighted by Gasteiger charge is -2.18. The van der Waals surface area contributed by atoms with Gasteiger partial charge in [0.1, 0.15) is 11.9 Å². The number of cyclic esters (lactones) is 1. The van der Waals surface area contributed by atoms with Crippen LogP contribution < -0.4 is 30.3 Å². The minimum absolute atomic E-state index is 0.0194. The van der Waals surface area contributed by atoms with E-state index in [9.17, 15) is 23.2 Å². The van der Waals surface area contributed by atoms with Crippen molar-refractivity contribution in [2.45, 2.75) is 25.4 Å². The molecule has 3 N–H and O–H groups in total. The van der Waals surface area contributed by atoms with Gasteiger partial charge in [-0.25, -0.2) is 23.5 Å². The van der Waals surface area contributed by atoms with E-state index in [1.54, 1.807) is 0 Å². The van der Waals surface area contributed by atoms with Gasteiger partial charge in [0.15, 0.2) is 36.4 Å². The molecular formula is C24H26F2N6O6. The van der Waals surface area contributed by atoms with E-state index in [1.165, 1.54) is 18.1 Å². The Morgan fingerprint density at radius 2 is 2.11 bits per heavy atom. The van der Waals surface area contributed by atoms with E-state index in [0.29, 0.717) is 37.9 Å². The Balaban J connectivity index is 1.10. The molecule has 1 saturated heterocycles. The zero-order chi connectivity index (χ0) is 26.8. The molecule has 202 valence electrons. The van der Waals surface area contributed by atoms with Crippen LogP contribution >= 0.6 is 0 Å². The fourth-order valence-corrected chi connectivity index (χ4v) is 4.65. The number of halogens is 2. The van der Waals surface area contributed by atoms with Crippen molar-refractivity contribution in [3.8, 4) is 11.6 Å². The first-order chi connectivity index (χ1) is 18.3. The van der Waals surface area contributed by atoms with Gasteiger partial charge >= 0.3 is 6.09 Å². The summed E-state index contributed by atoms with van der Waals surface area (Å²) in [5, 5.41) is 8.19. The molecule has 1 fully saturated rings. The number of ether oxygens (including phenoxy) is 3. The van der Waals surface area contributed by atoms with Crippen molar-refractivity contribution in [3.05, 3.63) is 35.0 Å². The molecule has 0 bridgehead atoms. The number of carbonyl (C=O) groups is 3. The van der Waals surface area contributed by atoms with Crippen LogP contribution in [0.15, 0.2) is 12.3 Å². The second-order valence-electron chi connectivity index (χ2n) is 9.19. The molecule has 5 rings (SSSR count). The average Bonchev–Trinajstić information content (AvgIpc) is 3.51. The summed E-state index contributed by atoms with van der Waals surface area (Å²) >= 11 is 0. The fourth-order valence-electron chi connectivity index (χ4n) is 4.65. The van der Waals surface area contributed by atoms with Crippen molar-refractivity contribution in [1.82, 2.24) is 20.6 Å². The highest BCUT2D eigenvalue weighted by Gasteiger charge is 2.34. The first-order valence-electron chi connectivity index (χ1n) is 12.1. The molecule has 14 heteroatoms. The molecule has 1 aromatic heterocycles. The Hall–Kier alpha value is -4.07. The molecular weight excluding hydrogens is 506 g/mol. The van der Waals surface area contributed by atoms with Gasteiger partial charge in [-0.1, -0.05) is 0 Å². The molecule has 3 amide bonds. The fraction of sp³-hybridized carbons (Fsp3) is 0.458. The second-order valence-corrected chi connectivity index (χ2v) is 9.19. The predicted molar refractivity (Wildman–Crippen MR) is 128 cm³/mol. The molecule has 0 saturated carbocycles. The summed E-state index contributed by atoms with van der Waals surface area (Å²) in [6.45, 7) is 0.746. The Kier molecular flexibility index (Phi) is 7.22. The van der Waals surface area contributed by atoms with E-state index < -0.39 is 36.3 Å². The third-order valence-electron chi connectivity index (χ3n) is 6.57. The van der Waals surface area contributed by atoms with Crippen molar-refractivity contribution < 1.29 is 37.4 Å². The zero-order valence-corrected chi connectivity index (χ0v) is 20.5. The quantitative estimate of drug-likeness (QED) is 0.402. The molecule has 12 nitrogen and oxygen atoms in total. The summed E-state index contributed by atoms with van der Waals surface area (Å²) in [7, 11) is 1.43. The Bertz CT molecular complexity index is 1280. The zero-order valence-electron chi connectivity index (χ0n) is 20.5. The number of fused-ring (bicyclic) bond motifs is 2. The number of amides is 3. The van der Waals surface area contributed by atoms with Crippen molar-refractivity contribution >= 4 is 29.5 Å². The van der Waals surface area contributed by atoms with Gasteiger partial charge < -0.3 is 30.2 Å². The molecule has 2 aromatic rings. The first kappa shape index (κ1) is 25.6. The Morgan fingerprint density at radius 1 is 1.29 bits per heavy atom. The van der Waals surface area contributed by atoms with E-state index in [1.807, 2.05) is 0 Å². The number of benzene rings is 1. The lowest BCUT2D eigenvalue weighted by atomic mass is 10.1. The van der Waals surface area contributed by atoms with Crippen LogP contribution in [0, 0.1) is 17.6 Å². The smallest absolute Gasteiger partial charge is 0.415 e. The number of carbonyl (C=O) groups excluding carboxylic acids is 3. The maximum atomic E-state index is 14.9. The molecule has 0 spiro atoms. The summed E-state index contributed by atoms with van der Waals surface area (Å²) in [5.41, 5.74) is 0.603. The van der Waals surface area contributed by atoms with Crippen molar-refractivity contribution in [3.63, 3.8) is 0 Å². The molecule has 3 aliphatic rings. The van der Waals surface area contributed by atoms with E-state index in [0.717, 1.165) is 6.07 Å². The van der Waals surface area contributed by atoms with Crippen LogP contribution in [0.2, 0.25) is 0 Å². The van der Waals surface area contributed by atoms with Crippen LogP contribution in [0.4, 0.5) is 25.2 Å². The summed E-state index contributed by atoms with van der Waals surface area (Å²) < 4.78 is 45.2. The number of nitrogens with one attached hydrogen (secondary N) is 3. The van der Waals surface area contributed by atoms with Crippen molar-refractivity contribution in [2.75, 3.05) is 50.1 Å². The van der Waals surface area contributed by atoms with Crippen molar-refractivity contribution in [2.24, 2.45) is 5.92 Å². The minimum Gasteiger partial charge on any atom is -0.481 e. The summed E-state index contributed by atoms with van der Waals surface area (Å²) in [5.74, 6) is -1.72. The number of hydrogen-bond acceptors (Lipinski definition) is 9. The van der Waals surface area contributed by atoms with Crippen LogP contribution in [-0.2, 0) is 27.2 Å². The molecule has 1 aromatic carbocycles. The van der Waals surface area contributed by atoms with E-state index in [-0.39, 0.29) is 53.8 Å². The SMILES string of the molecule is CNC(=O)COc1cc(F)c2c(c1F)CC(CNCCC1CN(c3cnc4c(n3)NC(=O)CO4)C(=O)O1)C2. The topological polar surface area (TPSA) is 144 Å². The number of nitrogens with zero attached hydrogens (tertiary/aromatic N) is 3. The van der Waals surface area contributed by atoms with Gasteiger partial charge in [-0.05, 0) is 49.4 Å². The van der Waals surface area contributed by atoms with Crippen LogP contribution in [0.5, 0.6) is 11.6 Å². The third-order valence-corrected chi connectivity index (χ3v) is 6.57. The highest BCUT2D eigenvalue weighted by molar-refractivity contribution is 5.94. The van der Waals surface area contributed by atoms with Crippen LogP contribution in [0.25, 0.3) is 0 Å². The van der Waals surface area contributed by atoms with Gasteiger partial charge in [0.2, 0.25) is 0 Å². The van der Waals surface area contributed by atoms with Gasteiger partial charge in [0.25, 0.3) is 17.7 Å². The van der Waals surface area contributed by atoms with Crippen LogP contribution in [0.1, 0.15) is 17.5 Å². The standard InChI is InChI=1S/C24H26F2N6O6/c1-27-19(33)10-36-17-6-16(25)14-4-12(5-15(14)21(17)26)7-28-3-2-13-9-32(24(35)38-13)18-8-29-23-22(30-18)31-20(34)11-37-23/h6,8,12-13,28H,2-5,7,9-11H2,1H3,(H,27,33)(H,30,31,34). The average molecular weight is 533 g/mol.